The molecule has 7 rings (SSSR count). The van der Waals surface area contributed by atoms with Crippen LogP contribution in [0.3, 0.4) is 0 Å². The van der Waals surface area contributed by atoms with Crippen LogP contribution in [0.4, 0.5) is 23.2 Å². The average Bonchev–Trinajstić information content (AvgIpc) is 3.88. The molecule has 0 spiro atoms. The number of carbonyl (C=O) groups is 7. The predicted octanol–water partition coefficient (Wildman–Crippen LogP) is 4.86. The first kappa shape index (κ1) is 49.5. The van der Waals surface area contributed by atoms with Gasteiger partial charge >= 0.3 is 6.36 Å². The SMILES string of the molecule is NC(=O)c1cc(-c2cn(CCCC(=O)NCCCCCCCNc3cccc4c3C(=O)N(C3CCC(=O)NC3=O)C4=O)cn2)cnc1OC1CCN(C(=O)Cc2ccc(OC(F)(F)F)cc2)C[C@H]1F. The molecule has 22 heteroatoms. The highest BCUT2D eigenvalue weighted by molar-refractivity contribution is 6.25. The van der Waals surface area contributed by atoms with Crippen LogP contribution in [0.25, 0.3) is 11.3 Å². The van der Waals surface area contributed by atoms with Gasteiger partial charge in [-0.05, 0) is 61.6 Å². The van der Waals surface area contributed by atoms with Gasteiger partial charge in [-0.25, -0.2) is 14.4 Å². The van der Waals surface area contributed by atoms with E-state index in [-0.39, 0.29) is 67.3 Å². The summed E-state index contributed by atoms with van der Waals surface area (Å²) in [5.74, 6) is -4.16. The number of amides is 7. The fraction of sp³-hybridized carbons (Fsp3) is 0.426. The Balaban J connectivity index is 0.769. The number of nitrogens with zero attached hydrogens (tertiary/aromatic N) is 5. The number of aromatic nitrogens is 3. The molecular formula is C47H51F4N9O9. The molecule has 366 valence electrons. The highest BCUT2D eigenvalue weighted by Crippen LogP contribution is 2.33. The van der Waals surface area contributed by atoms with E-state index < -0.39 is 65.9 Å². The van der Waals surface area contributed by atoms with Gasteiger partial charge in [0.05, 0.1) is 36.1 Å². The molecule has 3 aliphatic heterocycles. The number of halogens is 4. The number of hydrogen-bond donors (Lipinski definition) is 4. The van der Waals surface area contributed by atoms with E-state index in [1.54, 1.807) is 35.3 Å². The molecule has 5 heterocycles. The summed E-state index contributed by atoms with van der Waals surface area (Å²) >= 11 is 0. The molecule has 2 unspecified atom stereocenters. The van der Waals surface area contributed by atoms with Gasteiger partial charge < -0.3 is 35.3 Å². The van der Waals surface area contributed by atoms with Crippen LogP contribution in [0.15, 0.2) is 67.3 Å². The Kier molecular flexibility index (Phi) is 15.9. The topological polar surface area (TPSA) is 237 Å². The van der Waals surface area contributed by atoms with Gasteiger partial charge in [-0.15, -0.1) is 13.2 Å². The van der Waals surface area contributed by atoms with Crippen molar-refractivity contribution < 1.29 is 60.6 Å². The number of piperidine rings is 2. The zero-order chi connectivity index (χ0) is 49.2. The van der Waals surface area contributed by atoms with Crippen molar-refractivity contribution in [2.45, 2.75) is 102 Å². The van der Waals surface area contributed by atoms with Crippen LogP contribution >= 0.6 is 0 Å². The second-order valence-corrected chi connectivity index (χ2v) is 16.9. The second kappa shape index (κ2) is 22.1. The van der Waals surface area contributed by atoms with E-state index in [1.165, 1.54) is 29.3 Å². The van der Waals surface area contributed by atoms with Crippen molar-refractivity contribution in [3.63, 3.8) is 0 Å². The molecule has 0 saturated carbocycles. The fourth-order valence-corrected chi connectivity index (χ4v) is 8.38. The van der Waals surface area contributed by atoms with Crippen LogP contribution in [0.1, 0.15) is 101 Å². The van der Waals surface area contributed by atoms with E-state index in [9.17, 15) is 46.7 Å². The lowest BCUT2D eigenvalue weighted by Crippen LogP contribution is -2.54. The number of nitrogens with two attached hydrogens (primary N) is 1. The molecule has 0 radical (unpaired) electrons. The molecule has 2 aromatic carbocycles. The molecule has 69 heavy (non-hydrogen) atoms. The Hall–Kier alpha value is -7.39. The summed E-state index contributed by atoms with van der Waals surface area (Å²) < 4.78 is 64.2. The Bertz CT molecular complexity index is 2570. The van der Waals surface area contributed by atoms with E-state index in [0.717, 1.165) is 49.1 Å². The van der Waals surface area contributed by atoms with Crippen molar-refractivity contribution in [3.05, 3.63) is 89.5 Å². The van der Waals surface area contributed by atoms with Gasteiger partial charge in [0.25, 0.3) is 17.7 Å². The maximum atomic E-state index is 15.4. The molecule has 0 aliphatic carbocycles. The number of imidazole rings is 1. The number of carbonyl (C=O) groups excluding carboxylic acids is 7. The quantitative estimate of drug-likeness (QED) is 0.0498. The Labute approximate surface area is 393 Å². The van der Waals surface area contributed by atoms with Gasteiger partial charge in [-0.1, -0.05) is 37.5 Å². The molecule has 4 aromatic rings. The van der Waals surface area contributed by atoms with Gasteiger partial charge in [0.15, 0.2) is 6.17 Å². The maximum Gasteiger partial charge on any atom is 0.573 e. The summed E-state index contributed by atoms with van der Waals surface area (Å²) in [5, 5.41) is 8.40. The van der Waals surface area contributed by atoms with E-state index in [4.69, 9.17) is 10.5 Å². The molecule has 2 saturated heterocycles. The van der Waals surface area contributed by atoms with Crippen molar-refractivity contribution in [2.75, 3.05) is 31.5 Å². The number of benzene rings is 2. The summed E-state index contributed by atoms with van der Waals surface area (Å²) in [6.07, 6.45) is 2.43. The minimum atomic E-state index is -4.85. The number of hydrogen-bond acceptors (Lipinski definition) is 12. The Morgan fingerprint density at radius 3 is 2.39 bits per heavy atom. The molecule has 18 nitrogen and oxygen atoms in total. The smallest absolute Gasteiger partial charge is 0.471 e. The van der Waals surface area contributed by atoms with E-state index in [0.29, 0.717) is 55.0 Å². The normalized spacial score (nSPS) is 18.2. The summed E-state index contributed by atoms with van der Waals surface area (Å²) in [7, 11) is 0. The predicted molar refractivity (Wildman–Crippen MR) is 238 cm³/mol. The molecule has 2 aromatic heterocycles. The first-order valence-corrected chi connectivity index (χ1v) is 22.6. The van der Waals surface area contributed by atoms with E-state index in [2.05, 4.69) is 30.7 Å². The van der Waals surface area contributed by atoms with Gasteiger partial charge in [0.2, 0.25) is 29.5 Å². The molecule has 3 aliphatic rings. The Morgan fingerprint density at radius 2 is 1.67 bits per heavy atom. The third-order valence-corrected chi connectivity index (χ3v) is 11.9. The van der Waals surface area contributed by atoms with Crippen molar-refractivity contribution >= 4 is 47.0 Å². The monoisotopic (exact) mass is 961 g/mol. The summed E-state index contributed by atoms with van der Waals surface area (Å²) in [6, 6.07) is 10.2. The number of alkyl halides is 4. The number of ether oxygens (including phenoxy) is 2. The third kappa shape index (κ3) is 12.8. The zero-order valence-corrected chi connectivity index (χ0v) is 37.4. The van der Waals surface area contributed by atoms with E-state index in [1.807, 2.05) is 0 Å². The number of fused-ring (bicyclic) bond motifs is 1. The zero-order valence-electron chi connectivity index (χ0n) is 37.4. The number of anilines is 1. The van der Waals surface area contributed by atoms with Crippen LogP contribution in [-0.2, 0) is 32.1 Å². The second-order valence-electron chi connectivity index (χ2n) is 16.9. The van der Waals surface area contributed by atoms with Crippen LogP contribution in [0.2, 0.25) is 0 Å². The molecule has 2 fully saturated rings. The largest absolute Gasteiger partial charge is 0.573 e. The average molecular weight is 962 g/mol. The lowest BCUT2D eigenvalue weighted by atomic mass is 10.0. The third-order valence-electron chi connectivity index (χ3n) is 11.9. The highest BCUT2D eigenvalue weighted by Gasteiger charge is 2.45. The number of likely N-dealkylation sites (tertiary alicyclic amines) is 1. The molecular weight excluding hydrogens is 911 g/mol. The van der Waals surface area contributed by atoms with Crippen LogP contribution in [0, 0.1) is 0 Å². The standard InChI is InChI=1S/C47H51F4N9O9/c48-33-25-59(40(63)22-28-11-13-30(14-12-28)69-47(49,50)51)21-17-37(33)68-44-32(42(52)64)23-29(24-55-44)35-26-58(27-56-35)20-7-10-38(61)54-19-5-3-1-2-4-18-53-34-9-6-8-31-41(34)46(67)60(45(31)66)36-15-16-39(62)57-43(36)65/h6,8-9,11-14,23-24,26-27,33,36-37,53H,1-5,7,10,15-22,25H2,(H2,52,64)(H,54,61)(H,57,62,65)/t33-,36?,37?/m1/s1. The minimum absolute atomic E-state index is 0.0483. The summed E-state index contributed by atoms with van der Waals surface area (Å²) in [5.41, 5.74) is 7.88. The van der Waals surface area contributed by atoms with Crippen LogP contribution < -0.4 is 31.2 Å². The summed E-state index contributed by atoms with van der Waals surface area (Å²) in [4.78, 5) is 99.1. The van der Waals surface area contributed by atoms with Gasteiger partial charge in [-0.2, -0.15) is 0 Å². The van der Waals surface area contributed by atoms with Crippen molar-refractivity contribution in [1.82, 2.24) is 35.0 Å². The maximum absolute atomic E-state index is 15.4. The number of imide groups is 2. The van der Waals surface area contributed by atoms with Gasteiger partial charge in [0, 0.05) is 69.1 Å². The van der Waals surface area contributed by atoms with Crippen molar-refractivity contribution in [3.8, 4) is 22.9 Å². The van der Waals surface area contributed by atoms with Crippen molar-refractivity contribution in [1.29, 1.82) is 0 Å². The summed E-state index contributed by atoms with van der Waals surface area (Å²) in [6.45, 7) is 1.41. The number of unbranched alkanes of at least 4 members (excludes halogenated alkanes) is 4. The fourth-order valence-electron chi connectivity index (χ4n) is 8.38. The first-order valence-electron chi connectivity index (χ1n) is 22.6. The molecule has 3 atom stereocenters. The lowest BCUT2D eigenvalue weighted by Gasteiger charge is -2.34. The first-order chi connectivity index (χ1) is 33.0. The number of rotatable bonds is 21. The lowest BCUT2D eigenvalue weighted by molar-refractivity contribution is -0.274. The highest BCUT2D eigenvalue weighted by atomic mass is 19.4. The minimum Gasteiger partial charge on any atom is -0.471 e. The Morgan fingerprint density at radius 1 is 0.913 bits per heavy atom. The molecule has 7 amide bonds. The molecule has 0 bridgehead atoms. The van der Waals surface area contributed by atoms with Gasteiger partial charge in [0.1, 0.15) is 23.5 Å². The van der Waals surface area contributed by atoms with Crippen molar-refractivity contribution in [2.24, 2.45) is 5.73 Å². The van der Waals surface area contributed by atoms with Crippen LogP contribution in [-0.4, -0.2) is 117 Å². The molecule has 5 N–H and O–H groups in total. The number of aryl methyl sites for hydroxylation is 1. The number of pyridine rings is 1. The number of nitrogens with one attached hydrogen (secondary N) is 3. The van der Waals surface area contributed by atoms with E-state index >= 15 is 4.39 Å². The van der Waals surface area contributed by atoms with Gasteiger partial charge in [-0.3, -0.25) is 43.8 Å². The number of primary amides is 1. The van der Waals surface area contributed by atoms with Crippen LogP contribution in [0.5, 0.6) is 11.6 Å².